The van der Waals surface area contributed by atoms with E-state index in [9.17, 15) is 9.90 Å². The van der Waals surface area contributed by atoms with E-state index in [0.29, 0.717) is 71.1 Å². The molecule has 1 aromatic carbocycles. The van der Waals surface area contributed by atoms with Crippen LogP contribution >= 0.6 is 27.5 Å². The minimum absolute atomic E-state index is 0.0559. The van der Waals surface area contributed by atoms with Crippen LogP contribution in [0, 0.1) is 0 Å². The van der Waals surface area contributed by atoms with Gasteiger partial charge in [0.05, 0.1) is 15.2 Å². The molecular weight excluding hydrogens is 526 g/mol. The summed E-state index contributed by atoms with van der Waals surface area (Å²) in [6.07, 6.45) is 4.33. The summed E-state index contributed by atoms with van der Waals surface area (Å²) < 4.78 is 9.66. The third kappa shape index (κ3) is 4.14. The molecule has 5 rings (SSSR count). The predicted octanol–water partition coefficient (Wildman–Crippen LogP) is 4.26. The molecule has 0 atom stereocenters. The Bertz CT molecular complexity index is 1470. The highest BCUT2D eigenvalue weighted by molar-refractivity contribution is 9.18. The lowest BCUT2D eigenvalue weighted by Crippen LogP contribution is -2.24. The van der Waals surface area contributed by atoms with Gasteiger partial charge in [0.1, 0.15) is 17.4 Å². The smallest absolute Gasteiger partial charge is 0.266 e. The number of aromatic nitrogens is 6. The average molecular weight is 547 g/mol. The minimum Gasteiger partial charge on any atom is -0.508 e. The van der Waals surface area contributed by atoms with Crippen LogP contribution in [0.1, 0.15) is 43.5 Å². The highest BCUT2D eigenvalue weighted by Gasteiger charge is 2.25. The van der Waals surface area contributed by atoms with Gasteiger partial charge >= 0.3 is 0 Å². The zero-order chi connectivity index (χ0) is 23.8. The SMILES string of the molecule is CCCCCn1c2c(c(=O)n3c(CCc4nc(-c5ccc(O)cc5Cl)no4)nnc13)CC(Br)=N2. The zero-order valence-electron chi connectivity index (χ0n) is 18.3. The molecule has 4 aromatic rings. The number of benzene rings is 1. The van der Waals surface area contributed by atoms with Crippen molar-refractivity contribution in [1.29, 1.82) is 0 Å². The Morgan fingerprint density at radius 1 is 1.24 bits per heavy atom. The van der Waals surface area contributed by atoms with Gasteiger partial charge in [0.2, 0.25) is 17.5 Å². The van der Waals surface area contributed by atoms with Crippen LogP contribution in [0.4, 0.5) is 5.82 Å². The van der Waals surface area contributed by atoms with E-state index >= 15 is 0 Å². The Morgan fingerprint density at radius 3 is 2.88 bits per heavy atom. The van der Waals surface area contributed by atoms with Crippen LogP contribution in [0.2, 0.25) is 5.02 Å². The van der Waals surface area contributed by atoms with E-state index < -0.39 is 0 Å². The van der Waals surface area contributed by atoms with Gasteiger partial charge < -0.3 is 9.63 Å². The molecule has 34 heavy (non-hydrogen) atoms. The molecule has 0 saturated heterocycles. The number of hydrogen-bond donors (Lipinski definition) is 1. The number of aromatic hydroxyl groups is 1. The summed E-state index contributed by atoms with van der Waals surface area (Å²) in [5.74, 6) is 2.43. The van der Waals surface area contributed by atoms with E-state index in [2.05, 4.69) is 48.2 Å². The second kappa shape index (κ2) is 9.30. The van der Waals surface area contributed by atoms with Gasteiger partial charge in [-0.05, 0) is 40.5 Å². The van der Waals surface area contributed by atoms with Crippen molar-refractivity contribution in [1.82, 2.24) is 29.3 Å². The lowest BCUT2D eigenvalue weighted by Gasteiger charge is -2.12. The van der Waals surface area contributed by atoms with Gasteiger partial charge in [0.15, 0.2) is 0 Å². The molecule has 10 nitrogen and oxygen atoms in total. The van der Waals surface area contributed by atoms with Crippen molar-refractivity contribution in [2.75, 3.05) is 0 Å². The van der Waals surface area contributed by atoms with Crippen molar-refractivity contribution in [3.63, 3.8) is 0 Å². The van der Waals surface area contributed by atoms with Gasteiger partial charge in [-0.1, -0.05) is 36.5 Å². The fraction of sp³-hybridized carbons (Fsp3) is 0.364. The molecule has 12 heteroatoms. The standard InChI is InChI=1S/C22H21BrClN7O3/c1-2-3-4-9-30-20-14(11-16(23)25-20)21(33)31-17(27-28-22(30)31)7-8-18-26-19(29-34-18)13-6-5-12(32)10-15(13)24/h5-6,10,32H,2-4,7-9,11H2,1H3. The molecule has 1 N–H and O–H groups in total. The summed E-state index contributed by atoms with van der Waals surface area (Å²) in [7, 11) is 0. The van der Waals surface area contributed by atoms with Crippen molar-refractivity contribution in [2.45, 2.75) is 52.0 Å². The number of aryl methyl sites for hydroxylation is 3. The highest BCUT2D eigenvalue weighted by atomic mass is 79.9. The van der Waals surface area contributed by atoms with Gasteiger partial charge in [0.25, 0.3) is 5.56 Å². The Hall–Kier alpha value is -3.05. The quantitative estimate of drug-likeness (QED) is 0.328. The van der Waals surface area contributed by atoms with E-state index in [1.54, 1.807) is 10.5 Å². The van der Waals surface area contributed by atoms with Crippen LogP contribution < -0.4 is 5.56 Å². The number of halogens is 2. The molecule has 0 saturated carbocycles. The fourth-order valence-corrected chi connectivity index (χ4v) is 4.73. The van der Waals surface area contributed by atoms with Gasteiger partial charge in [-0.2, -0.15) is 4.98 Å². The first kappa shape index (κ1) is 22.7. The summed E-state index contributed by atoms with van der Waals surface area (Å²) in [5, 5.41) is 22.5. The van der Waals surface area contributed by atoms with Crippen LogP contribution in [0.3, 0.4) is 0 Å². The minimum atomic E-state index is -0.156. The molecule has 1 aliphatic heterocycles. The summed E-state index contributed by atoms with van der Waals surface area (Å²) >= 11 is 9.62. The number of fused-ring (bicyclic) bond motifs is 2. The number of hydrogen-bond acceptors (Lipinski definition) is 8. The number of aliphatic imine (C=N–C) groups is 1. The van der Waals surface area contributed by atoms with Crippen molar-refractivity contribution >= 4 is 43.7 Å². The van der Waals surface area contributed by atoms with Gasteiger partial charge in [-0.25, -0.2) is 9.39 Å². The topological polar surface area (TPSA) is 124 Å². The second-order valence-electron chi connectivity index (χ2n) is 8.06. The van der Waals surface area contributed by atoms with Gasteiger partial charge in [0, 0.05) is 31.4 Å². The summed E-state index contributed by atoms with van der Waals surface area (Å²) in [6, 6.07) is 4.55. The summed E-state index contributed by atoms with van der Waals surface area (Å²) in [4.78, 5) is 22.2. The Kier molecular flexibility index (Phi) is 6.22. The summed E-state index contributed by atoms with van der Waals surface area (Å²) in [5.41, 5.74) is 1.04. The molecule has 3 aromatic heterocycles. The molecule has 0 bridgehead atoms. The zero-order valence-corrected chi connectivity index (χ0v) is 20.7. The van der Waals surface area contributed by atoms with Crippen LogP contribution in [-0.4, -0.2) is 39.0 Å². The van der Waals surface area contributed by atoms with Crippen LogP contribution in [-0.2, 0) is 25.8 Å². The third-order valence-electron chi connectivity index (χ3n) is 5.70. The number of phenolic OH excluding ortho intramolecular Hbond substituents is 1. The van der Waals surface area contributed by atoms with E-state index in [4.69, 9.17) is 16.1 Å². The van der Waals surface area contributed by atoms with Crippen molar-refractivity contribution < 1.29 is 9.63 Å². The van der Waals surface area contributed by atoms with Crippen molar-refractivity contribution in [3.05, 3.63) is 50.9 Å². The molecule has 4 heterocycles. The monoisotopic (exact) mass is 545 g/mol. The average Bonchev–Trinajstić information content (AvgIpc) is 3.53. The first-order valence-electron chi connectivity index (χ1n) is 11.0. The fourth-order valence-electron chi connectivity index (χ4n) is 4.02. The lowest BCUT2D eigenvalue weighted by molar-refractivity contribution is 0.378. The first-order chi connectivity index (χ1) is 16.5. The predicted molar refractivity (Wildman–Crippen MR) is 130 cm³/mol. The number of unbranched alkanes of at least 4 members (excludes halogenated alkanes) is 2. The number of nitrogens with zero attached hydrogens (tertiary/aromatic N) is 7. The molecular formula is C22H21BrClN7O3. The van der Waals surface area contributed by atoms with Crippen molar-refractivity contribution in [3.8, 4) is 17.1 Å². The molecule has 0 aliphatic carbocycles. The molecule has 0 spiro atoms. The molecule has 1 aliphatic rings. The molecule has 176 valence electrons. The number of phenols is 1. The molecule has 0 radical (unpaired) electrons. The van der Waals surface area contributed by atoms with E-state index in [1.165, 1.54) is 12.1 Å². The van der Waals surface area contributed by atoms with Gasteiger partial charge in [-0.3, -0.25) is 9.36 Å². The maximum absolute atomic E-state index is 13.3. The number of rotatable bonds is 8. The van der Waals surface area contributed by atoms with Crippen molar-refractivity contribution in [2.24, 2.45) is 4.99 Å². The molecule has 0 amide bonds. The Morgan fingerprint density at radius 2 is 2.09 bits per heavy atom. The van der Waals surface area contributed by atoms with Gasteiger partial charge in [-0.15, -0.1) is 10.2 Å². The first-order valence-corrected chi connectivity index (χ1v) is 12.2. The summed E-state index contributed by atoms with van der Waals surface area (Å²) in [6.45, 7) is 2.86. The maximum atomic E-state index is 13.3. The highest BCUT2D eigenvalue weighted by Crippen LogP contribution is 2.30. The second-order valence-corrected chi connectivity index (χ2v) is 9.38. The van der Waals surface area contributed by atoms with E-state index in [1.807, 2.05) is 4.57 Å². The third-order valence-corrected chi connectivity index (χ3v) is 6.47. The van der Waals surface area contributed by atoms with Crippen LogP contribution in [0.15, 0.2) is 32.5 Å². The maximum Gasteiger partial charge on any atom is 0.266 e. The normalized spacial score (nSPS) is 13.0. The van der Waals surface area contributed by atoms with Crippen LogP contribution in [0.25, 0.3) is 17.2 Å². The molecule has 0 unspecified atom stereocenters. The lowest BCUT2D eigenvalue weighted by atomic mass is 10.2. The molecule has 0 fully saturated rings. The van der Waals surface area contributed by atoms with E-state index in [-0.39, 0.29) is 11.3 Å². The Labute approximate surface area is 207 Å². The van der Waals surface area contributed by atoms with Crippen LogP contribution in [0.5, 0.6) is 5.75 Å². The Balaban J connectivity index is 1.44. The van der Waals surface area contributed by atoms with E-state index in [0.717, 1.165) is 23.9 Å². The largest absolute Gasteiger partial charge is 0.508 e.